The fourth-order valence-electron chi connectivity index (χ4n) is 2.36. The molecule has 0 radical (unpaired) electrons. The summed E-state index contributed by atoms with van der Waals surface area (Å²) >= 11 is 5.38. The molecule has 0 bridgehead atoms. The van der Waals surface area contributed by atoms with E-state index in [0.29, 0.717) is 6.04 Å². The molecular formula is C17H22BrNS. The highest BCUT2D eigenvalue weighted by atomic mass is 79.9. The van der Waals surface area contributed by atoms with Gasteiger partial charge in [0.05, 0.1) is 3.79 Å². The molecule has 0 aliphatic rings. The van der Waals surface area contributed by atoms with Crippen molar-refractivity contribution < 1.29 is 0 Å². The van der Waals surface area contributed by atoms with E-state index in [4.69, 9.17) is 0 Å². The first kappa shape index (κ1) is 15.7. The Balaban J connectivity index is 1.87. The summed E-state index contributed by atoms with van der Waals surface area (Å²) in [6.45, 7) is 3.31. The van der Waals surface area contributed by atoms with E-state index in [1.54, 1.807) is 0 Å². The lowest BCUT2D eigenvalue weighted by atomic mass is 10.0. The van der Waals surface area contributed by atoms with E-state index in [9.17, 15) is 0 Å². The number of thiophene rings is 1. The molecule has 3 heteroatoms. The minimum absolute atomic E-state index is 0.486. The van der Waals surface area contributed by atoms with Gasteiger partial charge in [-0.25, -0.2) is 0 Å². The van der Waals surface area contributed by atoms with Gasteiger partial charge < -0.3 is 5.32 Å². The molecule has 1 aromatic heterocycles. The summed E-state index contributed by atoms with van der Waals surface area (Å²) in [5, 5.41) is 3.67. The normalized spacial score (nSPS) is 12.5. The molecule has 1 nitrogen and oxygen atoms in total. The molecule has 0 aliphatic heterocycles. The predicted molar refractivity (Wildman–Crippen MR) is 92.4 cm³/mol. The third-order valence-electron chi connectivity index (χ3n) is 3.39. The Kier molecular flexibility index (Phi) is 6.77. The lowest BCUT2D eigenvalue weighted by Gasteiger charge is -2.18. The van der Waals surface area contributed by atoms with Crippen LogP contribution in [0.5, 0.6) is 0 Å². The van der Waals surface area contributed by atoms with Gasteiger partial charge in [-0.1, -0.05) is 37.3 Å². The molecule has 20 heavy (non-hydrogen) atoms. The molecule has 0 spiro atoms. The molecule has 108 valence electrons. The van der Waals surface area contributed by atoms with Crippen LogP contribution >= 0.6 is 27.3 Å². The van der Waals surface area contributed by atoms with Crippen molar-refractivity contribution in [2.45, 2.75) is 38.6 Å². The van der Waals surface area contributed by atoms with Gasteiger partial charge in [-0.05, 0) is 65.9 Å². The zero-order valence-corrected chi connectivity index (χ0v) is 14.3. The monoisotopic (exact) mass is 351 g/mol. The molecule has 0 fully saturated rings. The molecule has 2 aromatic rings. The topological polar surface area (TPSA) is 12.0 Å². The van der Waals surface area contributed by atoms with Gasteiger partial charge in [0.25, 0.3) is 0 Å². The largest absolute Gasteiger partial charge is 0.310 e. The average Bonchev–Trinajstić information content (AvgIpc) is 2.89. The summed E-state index contributed by atoms with van der Waals surface area (Å²) < 4.78 is 1.23. The highest BCUT2D eigenvalue weighted by Gasteiger charge is 2.10. The highest BCUT2D eigenvalue weighted by Crippen LogP contribution is 2.25. The minimum atomic E-state index is 0.486. The second-order valence-corrected chi connectivity index (χ2v) is 7.56. The van der Waals surface area contributed by atoms with Crippen LogP contribution in [0.15, 0.2) is 46.3 Å². The Morgan fingerprint density at radius 1 is 1.15 bits per heavy atom. The van der Waals surface area contributed by atoms with Gasteiger partial charge in [-0.3, -0.25) is 0 Å². The number of aryl methyl sites for hydroxylation is 1. The van der Waals surface area contributed by atoms with Crippen LogP contribution in [0.3, 0.4) is 0 Å². The second kappa shape index (κ2) is 8.60. The molecule has 0 aliphatic carbocycles. The first-order valence-electron chi connectivity index (χ1n) is 7.32. The van der Waals surface area contributed by atoms with E-state index in [1.165, 1.54) is 39.9 Å². The van der Waals surface area contributed by atoms with Gasteiger partial charge >= 0.3 is 0 Å². The molecule has 1 atom stereocenters. The van der Waals surface area contributed by atoms with Crippen molar-refractivity contribution in [3.8, 4) is 0 Å². The highest BCUT2D eigenvalue weighted by molar-refractivity contribution is 9.11. The maximum atomic E-state index is 3.67. The van der Waals surface area contributed by atoms with Crippen LogP contribution in [0.1, 0.15) is 42.7 Å². The quantitative estimate of drug-likeness (QED) is 0.654. The van der Waals surface area contributed by atoms with Gasteiger partial charge in [0.2, 0.25) is 0 Å². The van der Waals surface area contributed by atoms with E-state index < -0.39 is 0 Å². The summed E-state index contributed by atoms with van der Waals surface area (Å²) in [4.78, 5) is 1.47. The van der Waals surface area contributed by atoms with Crippen LogP contribution in [0.25, 0.3) is 0 Å². The van der Waals surface area contributed by atoms with Crippen molar-refractivity contribution in [3.63, 3.8) is 0 Å². The summed E-state index contributed by atoms with van der Waals surface area (Å²) in [7, 11) is 0. The number of benzene rings is 1. The Labute approximate surface area is 134 Å². The first-order valence-corrected chi connectivity index (χ1v) is 8.93. The smallest absolute Gasteiger partial charge is 0.0701 e. The molecule has 1 heterocycles. The molecule has 0 saturated carbocycles. The number of hydrogen-bond donors (Lipinski definition) is 1. The molecule has 0 saturated heterocycles. The molecule has 1 N–H and O–H groups in total. The lowest BCUT2D eigenvalue weighted by Crippen LogP contribution is -2.22. The molecule has 2 rings (SSSR count). The van der Waals surface area contributed by atoms with Gasteiger partial charge in [0.1, 0.15) is 0 Å². The van der Waals surface area contributed by atoms with E-state index >= 15 is 0 Å². The van der Waals surface area contributed by atoms with Crippen molar-refractivity contribution in [1.82, 2.24) is 5.32 Å². The SMILES string of the molecule is CCCNC(CCCc1ccc(Br)s1)c1ccccc1. The second-order valence-electron chi connectivity index (χ2n) is 5.02. The van der Waals surface area contributed by atoms with Crippen LogP contribution < -0.4 is 5.32 Å². The molecular weight excluding hydrogens is 330 g/mol. The van der Waals surface area contributed by atoms with Crippen molar-refractivity contribution in [2.75, 3.05) is 6.54 Å². The van der Waals surface area contributed by atoms with Crippen molar-refractivity contribution in [2.24, 2.45) is 0 Å². The third kappa shape index (κ3) is 5.04. The summed E-state index contributed by atoms with van der Waals surface area (Å²) in [6, 6.07) is 15.7. The van der Waals surface area contributed by atoms with Gasteiger partial charge in [0.15, 0.2) is 0 Å². The zero-order valence-electron chi connectivity index (χ0n) is 11.9. The first-order chi connectivity index (χ1) is 9.79. The van der Waals surface area contributed by atoms with Crippen molar-refractivity contribution in [1.29, 1.82) is 0 Å². The fraction of sp³-hybridized carbons (Fsp3) is 0.412. The number of nitrogens with one attached hydrogen (secondary N) is 1. The predicted octanol–water partition coefficient (Wildman–Crippen LogP) is 5.57. The van der Waals surface area contributed by atoms with Crippen molar-refractivity contribution >= 4 is 27.3 Å². The Morgan fingerprint density at radius 2 is 1.95 bits per heavy atom. The summed E-state index contributed by atoms with van der Waals surface area (Å²) in [5.74, 6) is 0. The maximum Gasteiger partial charge on any atom is 0.0701 e. The number of halogens is 1. The van der Waals surface area contributed by atoms with Crippen molar-refractivity contribution in [3.05, 3.63) is 56.7 Å². The lowest BCUT2D eigenvalue weighted by molar-refractivity contribution is 0.485. The van der Waals surface area contributed by atoms with Crippen LogP contribution in [0.2, 0.25) is 0 Å². The molecule has 0 amide bonds. The van der Waals surface area contributed by atoms with E-state index in [0.717, 1.165) is 6.54 Å². The van der Waals surface area contributed by atoms with E-state index in [2.05, 4.69) is 70.6 Å². The average molecular weight is 352 g/mol. The minimum Gasteiger partial charge on any atom is -0.310 e. The number of hydrogen-bond acceptors (Lipinski definition) is 2. The van der Waals surface area contributed by atoms with E-state index in [1.807, 2.05) is 11.3 Å². The standard InChI is InChI=1S/C17H22BrNS/c1-2-13-19-16(14-7-4-3-5-8-14)10-6-9-15-11-12-17(18)20-15/h3-5,7-8,11-12,16,19H,2,6,9-10,13H2,1H3. The fourth-order valence-corrected chi connectivity index (χ4v) is 3.88. The Morgan fingerprint density at radius 3 is 2.60 bits per heavy atom. The van der Waals surface area contributed by atoms with Gasteiger partial charge in [-0.15, -0.1) is 11.3 Å². The summed E-state index contributed by atoms with van der Waals surface area (Å²) in [5.41, 5.74) is 1.41. The third-order valence-corrected chi connectivity index (χ3v) is 5.07. The Hall–Kier alpha value is -0.640. The van der Waals surface area contributed by atoms with Crippen LogP contribution in [-0.4, -0.2) is 6.54 Å². The van der Waals surface area contributed by atoms with Gasteiger partial charge in [-0.2, -0.15) is 0 Å². The van der Waals surface area contributed by atoms with Crippen LogP contribution in [0.4, 0.5) is 0 Å². The van der Waals surface area contributed by atoms with Crippen LogP contribution in [0, 0.1) is 0 Å². The maximum absolute atomic E-state index is 3.67. The van der Waals surface area contributed by atoms with Crippen LogP contribution in [-0.2, 0) is 6.42 Å². The van der Waals surface area contributed by atoms with Gasteiger partial charge in [0, 0.05) is 10.9 Å². The molecule has 1 aromatic carbocycles. The van der Waals surface area contributed by atoms with E-state index in [-0.39, 0.29) is 0 Å². The summed E-state index contributed by atoms with van der Waals surface area (Å²) in [6.07, 6.45) is 4.78. The number of rotatable bonds is 8. The zero-order chi connectivity index (χ0) is 14.2. The molecule has 1 unspecified atom stereocenters. The Bertz CT molecular complexity index is 495.